The summed E-state index contributed by atoms with van der Waals surface area (Å²) in [5, 5.41) is 4.29. The van der Waals surface area contributed by atoms with Crippen molar-refractivity contribution in [2.75, 3.05) is 24.7 Å². The van der Waals surface area contributed by atoms with Gasteiger partial charge in [-0.15, -0.1) is 0 Å². The number of fused-ring (bicyclic) bond motifs is 1. The van der Waals surface area contributed by atoms with Crippen LogP contribution in [0.4, 0.5) is 11.5 Å². The van der Waals surface area contributed by atoms with Crippen molar-refractivity contribution in [3.63, 3.8) is 0 Å². The van der Waals surface area contributed by atoms with E-state index in [9.17, 15) is 4.79 Å². The molecule has 0 bridgehead atoms. The number of hydrogen-bond donors (Lipinski definition) is 2. The fraction of sp³-hybridized carbons (Fsp3) is 0.400. The minimum absolute atomic E-state index is 0.0661. The summed E-state index contributed by atoms with van der Waals surface area (Å²) in [7, 11) is 1.42. The highest BCUT2D eigenvalue weighted by molar-refractivity contribution is 5.93. The van der Waals surface area contributed by atoms with Gasteiger partial charge in [0.25, 0.3) is 0 Å². The molecule has 1 aliphatic rings. The Kier molecular flexibility index (Phi) is 6.93. The van der Waals surface area contributed by atoms with Crippen molar-refractivity contribution in [2.24, 2.45) is 0 Å². The lowest BCUT2D eigenvalue weighted by atomic mass is 10.1. The number of likely N-dealkylation sites (tertiary alicyclic amines) is 1. The van der Waals surface area contributed by atoms with Crippen molar-refractivity contribution < 1.29 is 14.3 Å². The van der Waals surface area contributed by atoms with E-state index < -0.39 is 0 Å². The molecule has 2 heterocycles. The topological polar surface area (TPSA) is 103 Å². The van der Waals surface area contributed by atoms with Gasteiger partial charge in [0, 0.05) is 24.0 Å². The van der Waals surface area contributed by atoms with Crippen molar-refractivity contribution in [3.8, 4) is 5.75 Å². The molecule has 3 atom stereocenters. The van der Waals surface area contributed by atoms with E-state index in [-0.39, 0.29) is 24.3 Å². The van der Waals surface area contributed by atoms with Crippen molar-refractivity contribution in [3.05, 3.63) is 54.4 Å². The molecule has 0 aliphatic carbocycles. The van der Waals surface area contributed by atoms with Gasteiger partial charge >= 0.3 is 5.97 Å². The number of methoxy groups -OCH3 is 1. The van der Waals surface area contributed by atoms with Crippen molar-refractivity contribution in [2.45, 2.75) is 51.4 Å². The first-order chi connectivity index (χ1) is 16.0. The average Bonchev–Trinajstić information content (AvgIpc) is 3.33. The first-order valence-electron chi connectivity index (χ1n) is 11.4. The normalized spacial score (nSPS) is 18.1. The number of anilines is 2. The summed E-state index contributed by atoms with van der Waals surface area (Å²) < 4.78 is 11.3. The van der Waals surface area contributed by atoms with E-state index in [2.05, 4.69) is 39.2 Å². The second-order valence-corrected chi connectivity index (χ2v) is 8.31. The Bertz CT molecular complexity index is 1110. The van der Waals surface area contributed by atoms with Crippen LogP contribution in [0.3, 0.4) is 0 Å². The fourth-order valence-corrected chi connectivity index (χ4v) is 4.40. The zero-order valence-corrected chi connectivity index (χ0v) is 19.3. The second-order valence-electron chi connectivity index (χ2n) is 8.31. The van der Waals surface area contributed by atoms with Gasteiger partial charge in [0.05, 0.1) is 18.3 Å². The molecular weight excluding hydrogens is 418 g/mol. The number of hydrogen-bond acceptors (Lipinski definition) is 8. The number of aromatic nitrogens is 2. The monoisotopic (exact) mass is 449 g/mol. The predicted molar refractivity (Wildman–Crippen MR) is 129 cm³/mol. The van der Waals surface area contributed by atoms with Crippen LogP contribution >= 0.6 is 0 Å². The number of esters is 1. The van der Waals surface area contributed by atoms with Gasteiger partial charge < -0.3 is 20.5 Å². The lowest BCUT2D eigenvalue weighted by Crippen LogP contribution is -2.46. The van der Waals surface area contributed by atoms with Gasteiger partial charge in [-0.1, -0.05) is 37.3 Å². The molecule has 2 aromatic carbocycles. The molecule has 3 unspecified atom stereocenters. The van der Waals surface area contributed by atoms with Gasteiger partial charge in [0.1, 0.15) is 23.9 Å². The number of ether oxygens (including phenoxy) is 2. The van der Waals surface area contributed by atoms with E-state index in [1.165, 1.54) is 13.4 Å². The molecule has 8 heteroatoms. The number of nitrogens with zero attached hydrogens (tertiary/aromatic N) is 3. The van der Waals surface area contributed by atoms with Gasteiger partial charge in [-0.05, 0) is 37.8 Å². The number of nitrogen functional groups attached to an aromatic ring is 1. The Labute approximate surface area is 194 Å². The SMILES string of the molecule is CCC(Oc1cc2ncnc(NC(C)c3ccccc3)c2cc1N)N1CCCC1C(=O)OC. The van der Waals surface area contributed by atoms with Gasteiger partial charge in [-0.3, -0.25) is 9.69 Å². The largest absolute Gasteiger partial charge is 0.473 e. The maximum atomic E-state index is 12.2. The highest BCUT2D eigenvalue weighted by Crippen LogP contribution is 2.34. The molecule has 1 saturated heterocycles. The van der Waals surface area contributed by atoms with Gasteiger partial charge in [-0.25, -0.2) is 9.97 Å². The van der Waals surface area contributed by atoms with E-state index in [0.29, 0.717) is 23.7 Å². The maximum absolute atomic E-state index is 12.2. The van der Waals surface area contributed by atoms with Crippen molar-refractivity contribution in [1.82, 2.24) is 14.9 Å². The van der Waals surface area contributed by atoms with Crippen LogP contribution in [0.5, 0.6) is 5.75 Å². The Morgan fingerprint density at radius 3 is 2.79 bits per heavy atom. The number of carbonyl (C=O) groups excluding carboxylic acids is 1. The lowest BCUT2D eigenvalue weighted by Gasteiger charge is -2.31. The maximum Gasteiger partial charge on any atom is 0.323 e. The number of rotatable bonds is 8. The third-order valence-electron chi connectivity index (χ3n) is 6.17. The van der Waals surface area contributed by atoms with E-state index in [1.807, 2.05) is 37.3 Å². The fourth-order valence-electron chi connectivity index (χ4n) is 4.40. The van der Waals surface area contributed by atoms with Crippen LogP contribution in [0.15, 0.2) is 48.8 Å². The first-order valence-corrected chi connectivity index (χ1v) is 11.4. The Hall–Kier alpha value is -3.39. The molecule has 1 aromatic heterocycles. The Balaban J connectivity index is 1.58. The average molecular weight is 450 g/mol. The van der Waals surface area contributed by atoms with Crippen LogP contribution < -0.4 is 15.8 Å². The lowest BCUT2D eigenvalue weighted by molar-refractivity contribution is -0.149. The molecule has 33 heavy (non-hydrogen) atoms. The zero-order chi connectivity index (χ0) is 23.4. The summed E-state index contributed by atoms with van der Waals surface area (Å²) in [6.07, 6.45) is 3.65. The number of nitrogens with two attached hydrogens (primary N) is 1. The molecular formula is C25H31N5O3. The van der Waals surface area contributed by atoms with E-state index in [0.717, 1.165) is 35.9 Å². The molecule has 1 aliphatic heterocycles. The third kappa shape index (κ3) is 4.85. The molecule has 174 valence electrons. The van der Waals surface area contributed by atoms with E-state index >= 15 is 0 Å². The highest BCUT2D eigenvalue weighted by atomic mass is 16.5. The standard InChI is InChI=1S/C25H31N5O3/c1-4-23(30-12-8-11-21(30)25(31)32-3)33-22-14-20-18(13-19(22)26)24(28-15-27-20)29-16(2)17-9-6-5-7-10-17/h5-7,9-10,13-16,21,23H,4,8,11-12,26H2,1-3H3,(H,27,28,29). The molecule has 0 saturated carbocycles. The summed E-state index contributed by atoms with van der Waals surface area (Å²) in [5.41, 5.74) is 8.80. The molecule has 0 spiro atoms. The van der Waals surface area contributed by atoms with Gasteiger partial charge in [0.15, 0.2) is 6.23 Å². The minimum atomic E-state index is -0.292. The third-order valence-corrected chi connectivity index (χ3v) is 6.17. The van der Waals surface area contributed by atoms with Crippen LogP contribution in [-0.4, -0.2) is 46.8 Å². The van der Waals surface area contributed by atoms with E-state index in [4.69, 9.17) is 15.2 Å². The molecule has 3 aromatic rings. The highest BCUT2D eigenvalue weighted by Gasteiger charge is 2.36. The Morgan fingerprint density at radius 2 is 2.06 bits per heavy atom. The molecule has 0 amide bonds. The van der Waals surface area contributed by atoms with Crippen LogP contribution in [0.1, 0.15) is 44.7 Å². The second kappa shape index (κ2) is 10.0. The number of carbonyl (C=O) groups is 1. The van der Waals surface area contributed by atoms with E-state index in [1.54, 1.807) is 0 Å². The molecule has 0 radical (unpaired) electrons. The van der Waals surface area contributed by atoms with Gasteiger partial charge in [0.2, 0.25) is 0 Å². The van der Waals surface area contributed by atoms with Crippen LogP contribution in [-0.2, 0) is 9.53 Å². The van der Waals surface area contributed by atoms with Crippen molar-refractivity contribution in [1.29, 1.82) is 0 Å². The number of benzene rings is 2. The quantitative estimate of drug-likeness (QED) is 0.391. The number of nitrogens with one attached hydrogen (secondary N) is 1. The zero-order valence-electron chi connectivity index (χ0n) is 19.3. The van der Waals surface area contributed by atoms with Crippen LogP contribution in [0.2, 0.25) is 0 Å². The summed E-state index contributed by atoms with van der Waals surface area (Å²) in [6.45, 7) is 4.90. The summed E-state index contributed by atoms with van der Waals surface area (Å²) in [4.78, 5) is 23.1. The minimum Gasteiger partial charge on any atom is -0.473 e. The van der Waals surface area contributed by atoms with Crippen molar-refractivity contribution >= 4 is 28.4 Å². The van der Waals surface area contributed by atoms with Crippen LogP contribution in [0, 0.1) is 0 Å². The smallest absolute Gasteiger partial charge is 0.323 e. The summed E-state index contributed by atoms with van der Waals surface area (Å²) >= 11 is 0. The summed E-state index contributed by atoms with van der Waals surface area (Å²) in [5.74, 6) is 1.04. The molecule has 3 N–H and O–H groups in total. The Morgan fingerprint density at radius 1 is 1.27 bits per heavy atom. The molecule has 1 fully saturated rings. The van der Waals surface area contributed by atoms with Gasteiger partial charge in [-0.2, -0.15) is 0 Å². The predicted octanol–water partition coefficient (Wildman–Crippen LogP) is 4.14. The first kappa shape index (κ1) is 22.8. The van der Waals surface area contributed by atoms with Crippen LogP contribution in [0.25, 0.3) is 10.9 Å². The molecule has 8 nitrogen and oxygen atoms in total. The molecule has 4 rings (SSSR count). The summed E-state index contributed by atoms with van der Waals surface area (Å²) in [6, 6.07) is 13.6.